The molecule has 0 aliphatic heterocycles. The number of anilines is 3. The summed E-state index contributed by atoms with van der Waals surface area (Å²) in [5.41, 5.74) is 16.5. The van der Waals surface area contributed by atoms with Crippen LogP contribution in [0.25, 0.3) is 11.0 Å². The molecule has 2 aromatic carbocycles. The highest BCUT2D eigenvalue weighted by atomic mass is 15.2. The number of rotatable bonds is 3. The maximum Gasteiger partial charge on any atom is 0.201 e. The van der Waals surface area contributed by atoms with Crippen molar-refractivity contribution < 1.29 is 0 Å². The Kier molecular flexibility index (Phi) is 5.45. The van der Waals surface area contributed by atoms with Crippen molar-refractivity contribution in [2.45, 2.75) is 50.6 Å². The van der Waals surface area contributed by atoms with E-state index in [0.29, 0.717) is 29.2 Å². The Hall–Kier alpha value is -3.71. The summed E-state index contributed by atoms with van der Waals surface area (Å²) in [5, 5.41) is 21.0. The fraction of sp³-hybridized carbons (Fsp3) is 0.348. The Balaban J connectivity index is 0.000000147. The van der Waals surface area contributed by atoms with E-state index < -0.39 is 0 Å². The van der Waals surface area contributed by atoms with Crippen molar-refractivity contribution in [3.05, 3.63) is 47.5 Å². The Labute approximate surface area is 175 Å². The zero-order valence-electron chi connectivity index (χ0n) is 16.8. The molecule has 1 aromatic heterocycles. The molecule has 2 aliphatic carbocycles. The van der Waals surface area contributed by atoms with E-state index in [1.54, 1.807) is 18.2 Å². The molecule has 5 N–H and O–H groups in total. The van der Waals surface area contributed by atoms with Gasteiger partial charge in [0.25, 0.3) is 0 Å². The van der Waals surface area contributed by atoms with Gasteiger partial charge < -0.3 is 21.4 Å². The van der Waals surface area contributed by atoms with Crippen molar-refractivity contribution in [1.29, 1.82) is 10.5 Å². The summed E-state index contributed by atoms with van der Waals surface area (Å²) in [5.74, 6) is 0.565. The SMILES string of the molecule is N#Cc1ccc(N)c(NC2CCC2)c1.N#Cc1ccc2nc(N)n(C3CCC3)c2c1. The van der Waals surface area contributed by atoms with Crippen LogP contribution in [0.5, 0.6) is 0 Å². The second-order valence-electron chi connectivity index (χ2n) is 7.93. The normalized spacial score (nSPS) is 15.8. The fourth-order valence-electron chi connectivity index (χ4n) is 3.73. The number of nitrogens with two attached hydrogens (primary N) is 2. The lowest BCUT2D eigenvalue weighted by molar-refractivity contribution is 0.324. The molecule has 0 atom stereocenters. The quantitative estimate of drug-likeness (QED) is 0.562. The van der Waals surface area contributed by atoms with Gasteiger partial charge in [-0.1, -0.05) is 0 Å². The van der Waals surface area contributed by atoms with E-state index in [0.717, 1.165) is 35.2 Å². The van der Waals surface area contributed by atoms with Crippen LogP contribution >= 0.6 is 0 Å². The molecule has 2 aliphatic rings. The van der Waals surface area contributed by atoms with Gasteiger partial charge in [0.15, 0.2) is 0 Å². The van der Waals surface area contributed by atoms with Crippen LogP contribution in [-0.2, 0) is 0 Å². The van der Waals surface area contributed by atoms with Gasteiger partial charge in [0.05, 0.1) is 45.7 Å². The smallest absolute Gasteiger partial charge is 0.201 e. The van der Waals surface area contributed by atoms with Gasteiger partial charge in [-0.25, -0.2) is 4.98 Å². The lowest BCUT2D eigenvalue weighted by Crippen LogP contribution is -2.27. The third kappa shape index (κ3) is 3.88. The molecule has 7 nitrogen and oxygen atoms in total. The van der Waals surface area contributed by atoms with Crippen LogP contribution in [0.1, 0.15) is 55.7 Å². The molecule has 0 saturated heterocycles. The minimum absolute atomic E-state index is 0.471. The van der Waals surface area contributed by atoms with Gasteiger partial charge in [0, 0.05) is 12.1 Å². The maximum absolute atomic E-state index is 8.89. The predicted molar refractivity (Wildman–Crippen MR) is 119 cm³/mol. The summed E-state index contributed by atoms with van der Waals surface area (Å²) in [7, 11) is 0. The van der Waals surface area contributed by atoms with Crippen molar-refractivity contribution >= 4 is 28.4 Å². The van der Waals surface area contributed by atoms with E-state index in [1.807, 2.05) is 18.2 Å². The maximum atomic E-state index is 8.89. The number of nitrogens with one attached hydrogen (secondary N) is 1. The standard InChI is InChI=1S/C12H12N4.C11H13N3/c13-7-8-4-5-10-11(6-8)16(12(14)15-10)9-2-1-3-9;12-7-8-4-5-10(13)11(6-8)14-9-2-1-3-9/h4-6,9H,1-3H2,(H2,14,15);4-6,9,14H,1-3,13H2. The highest BCUT2D eigenvalue weighted by Crippen LogP contribution is 2.36. The highest BCUT2D eigenvalue weighted by Gasteiger charge is 2.23. The van der Waals surface area contributed by atoms with Crippen LogP contribution in [0.2, 0.25) is 0 Å². The van der Waals surface area contributed by atoms with Crippen LogP contribution in [0.15, 0.2) is 36.4 Å². The third-order valence-corrected chi connectivity index (χ3v) is 5.93. The molecule has 0 bridgehead atoms. The number of nitrogen functional groups attached to an aromatic ring is 2. The van der Waals surface area contributed by atoms with Gasteiger partial charge in [-0.3, -0.25) is 0 Å². The van der Waals surface area contributed by atoms with Crippen LogP contribution in [0.4, 0.5) is 17.3 Å². The molecule has 30 heavy (non-hydrogen) atoms. The number of benzene rings is 2. The lowest BCUT2D eigenvalue weighted by Gasteiger charge is -2.28. The molecular formula is C23H25N7. The van der Waals surface area contributed by atoms with Crippen molar-refractivity contribution in [3.8, 4) is 12.1 Å². The summed E-state index contributed by atoms with van der Waals surface area (Å²) in [6, 6.07) is 16.1. The average molecular weight is 400 g/mol. The van der Waals surface area contributed by atoms with E-state index in [4.69, 9.17) is 22.0 Å². The van der Waals surface area contributed by atoms with Crippen molar-refractivity contribution in [2.75, 3.05) is 16.8 Å². The van der Waals surface area contributed by atoms with Crippen LogP contribution in [0, 0.1) is 22.7 Å². The van der Waals surface area contributed by atoms with Gasteiger partial charge >= 0.3 is 0 Å². The second kappa shape index (κ2) is 8.34. The molecule has 7 heteroatoms. The van der Waals surface area contributed by atoms with E-state index >= 15 is 0 Å². The number of hydrogen-bond acceptors (Lipinski definition) is 6. The molecular weight excluding hydrogens is 374 g/mol. The second-order valence-corrected chi connectivity index (χ2v) is 7.93. The molecule has 1 heterocycles. The van der Waals surface area contributed by atoms with E-state index in [1.165, 1.54) is 25.7 Å². The fourth-order valence-corrected chi connectivity index (χ4v) is 3.73. The summed E-state index contributed by atoms with van der Waals surface area (Å²) in [6.07, 6.45) is 7.27. The average Bonchev–Trinajstić information content (AvgIpc) is 3.00. The first-order valence-electron chi connectivity index (χ1n) is 10.3. The van der Waals surface area contributed by atoms with Crippen molar-refractivity contribution in [1.82, 2.24) is 9.55 Å². The van der Waals surface area contributed by atoms with Gasteiger partial charge in [-0.2, -0.15) is 10.5 Å². The largest absolute Gasteiger partial charge is 0.397 e. The first-order chi connectivity index (χ1) is 14.6. The number of aromatic nitrogens is 2. The van der Waals surface area contributed by atoms with Crippen LogP contribution in [-0.4, -0.2) is 15.6 Å². The molecule has 2 saturated carbocycles. The molecule has 3 aromatic rings. The van der Waals surface area contributed by atoms with Crippen LogP contribution < -0.4 is 16.8 Å². The molecule has 0 unspecified atom stereocenters. The topological polar surface area (TPSA) is 129 Å². The number of fused-ring (bicyclic) bond motifs is 1. The minimum atomic E-state index is 0.471. The molecule has 2 fully saturated rings. The van der Waals surface area contributed by atoms with Gasteiger partial charge in [0.2, 0.25) is 5.95 Å². The zero-order valence-corrected chi connectivity index (χ0v) is 16.8. The first kappa shape index (κ1) is 19.6. The van der Waals surface area contributed by atoms with E-state index in [9.17, 15) is 0 Å². The Bertz CT molecular complexity index is 1140. The van der Waals surface area contributed by atoms with Gasteiger partial charge in [-0.15, -0.1) is 0 Å². The van der Waals surface area contributed by atoms with E-state index in [2.05, 4.69) is 27.0 Å². The van der Waals surface area contributed by atoms with E-state index in [-0.39, 0.29) is 0 Å². The predicted octanol–water partition coefficient (Wildman–Crippen LogP) is 4.32. The van der Waals surface area contributed by atoms with Gasteiger partial charge in [-0.05, 0) is 74.9 Å². The molecule has 152 valence electrons. The summed E-state index contributed by atoms with van der Waals surface area (Å²) >= 11 is 0. The Morgan fingerprint density at radius 3 is 2.20 bits per heavy atom. The Morgan fingerprint density at radius 2 is 1.60 bits per heavy atom. The summed E-state index contributed by atoms with van der Waals surface area (Å²) < 4.78 is 2.07. The molecule has 0 amide bonds. The van der Waals surface area contributed by atoms with Crippen LogP contribution in [0.3, 0.4) is 0 Å². The number of imidazole rings is 1. The summed E-state index contributed by atoms with van der Waals surface area (Å²) in [4.78, 5) is 4.32. The Morgan fingerprint density at radius 1 is 0.933 bits per heavy atom. The number of nitriles is 2. The third-order valence-electron chi connectivity index (χ3n) is 5.93. The first-order valence-corrected chi connectivity index (χ1v) is 10.3. The molecule has 0 radical (unpaired) electrons. The van der Waals surface area contributed by atoms with Crippen molar-refractivity contribution in [2.24, 2.45) is 0 Å². The number of hydrogen-bond donors (Lipinski definition) is 3. The molecule has 0 spiro atoms. The zero-order chi connectivity index (χ0) is 21.1. The lowest BCUT2D eigenvalue weighted by atomic mass is 9.92. The summed E-state index contributed by atoms with van der Waals surface area (Å²) in [6.45, 7) is 0. The monoisotopic (exact) mass is 399 g/mol. The van der Waals surface area contributed by atoms with Crippen molar-refractivity contribution in [3.63, 3.8) is 0 Å². The highest BCUT2D eigenvalue weighted by molar-refractivity contribution is 5.80. The number of nitrogens with zero attached hydrogens (tertiary/aromatic N) is 4. The molecule has 5 rings (SSSR count). The minimum Gasteiger partial charge on any atom is -0.397 e. The van der Waals surface area contributed by atoms with Gasteiger partial charge in [0.1, 0.15) is 0 Å².